The molecule has 0 saturated heterocycles. The molecule has 2 N–H and O–H groups in total. The number of carboxylic acids is 1. The van der Waals surface area contributed by atoms with Crippen LogP contribution in [-0.4, -0.2) is 35.4 Å². The Balaban J connectivity index is 1.60. The molecule has 0 amide bonds. The van der Waals surface area contributed by atoms with E-state index >= 15 is 0 Å². The molecule has 4 fully saturated rings. The van der Waals surface area contributed by atoms with Gasteiger partial charge in [0.05, 0.1) is 24.0 Å². The summed E-state index contributed by atoms with van der Waals surface area (Å²) in [5.41, 5.74) is -0.0258. The smallest absolute Gasteiger partial charge is 0.311 e. The molecule has 5 heteroatoms. The van der Waals surface area contributed by atoms with Gasteiger partial charge in [-0.15, -0.1) is 0 Å². The van der Waals surface area contributed by atoms with Crippen LogP contribution in [0.5, 0.6) is 0 Å². The number of hydrogen-bond donors (Lipinski definition) is 2. The quantitative estimate of drug-likeness (QED) is 0.339. The standard InChI is InChI=1S/C31H48O5/c1-26(2)21-10-13-30(6)22(28(21,4)12-11-23(26)32)9-8-19-20-18-27(3,25(35)36-7)14-16-31(20,24(33)34)17-15-29(19,30)5/h8,20-23,32H,9-18H2,1-7H3,(H,33,34)/t20?,21?,22?,23-,27-,28-,29+,30+,31-/m0/s1. The lowest BCUT2D eigenvalue weighted by Gasteiger charge is -2.71. The van der Waals surface area contributed by atoms with E-state index in [-0.39, 0.29) is 39.7 Å². The van der Waals surface area contributed by atoms with Crippen molar-refractivity contribution in [2.75, 3.05) is 7.11 Å². The lowest BCUT2D eigenvalue weighted by Crippen LogP contribution is -2.65. The molecule has 0 aromatic carbocycles. The Morgan fingerprint density at radius 3 is 2.22 bits per heavy atom. The maximum atomic E-state index is 12.9. The van der Waals surface area contributed by atoms with Gasteiger partial charge in [0.25, 0.3) is 0 Å². The molecule has 36 heavy (non-hydrogen) atoms. The molecule has 0 heterocycles. The van der Waals surface area contributed by atoms with Crippen molar-refractivity contribution in [2.45, 2.75) is 112 Å². The molecule has 0 radical (unpaired) electrons. The Kier molecular flexibility index (Phi) is 5.71. The molecule has 9 atom stereocenters. The molecule has 0 aliphatic heterocycles. The summed E-state index contributed by atoms with van der Waals surface area (Å²) in [7, 11) is 1.45. The van der Waals surface area contributed by atoms with Crippen LogP contribution in [0.25, 0.3) is 0 Å². The highest BCUT2D eigenvalue weighted by atomic mass is 16.5. The summed E-state index contributed by atoms with van der Waals surface area (Å²) in [4.78, 5) is 25.7. The van der Waals surface area contributed by atoms with Crippen LogP contribution in [0, 0.1) is 50.2 Å². The minimum atomic E-state index is -0.778. The topological polar surface area (TPSA) is 83.8 Å². The molecule has 4 saturated carbocycles. The lowest BCUT2D eigenvalue weighted by molar-refractivity contribution is -0.206. The predicted molar refractivity (Wildman–Crippen MR) is 139 cm³/mol. The van der Waals surface area contributed by atoms with Gasteiger partial charge in [0.15, 0.2) is 0 Å². The van der Waals surface area contributed by atoms with Gasteiger partial charge < -0.3 is 14.9 Å². The monoisotopic (exact) mass is 500 g/mol. The van der Waals surface area contributed by atoms with Crippen molar-refractivity contribution in [3.05, 3.63) is 11.6 Å². The van der Waals surface area contributed by atoms with Crippen LogP contribution in [0.3, 0.4) is 0 Å². The van der Waals surface area contributed by atoms with Crippen molar-refractivity contribution in [3.63, 3.8) is 0 Å². The number of carboxylic acid groups (broad SMARTS) is 1. The number of carbonyl (C=O) groups excluding carboxylic acids is 1. The first-order chi connectivity index (χ1) is 16.6. The van der Waals surface area contributed by atoms with Gasteiger partial charge in [0.2, 0.25) is 0 Å². The van der Waals surface area contributed by atoms with E-state index in [1.54, 1.807) is 0 Å². The first-order valence-corrected chi connectivity index (χ1v) is 14.3. The van der Waals surface area contributed by atoms with Gasteiger partial charge in [-0.1, -0.05) is 46.3 Å². The zero-order valence-corrected chi connectivity index (χ0v) is 23.6. The van der Waals surface area contributed by atoms with Crippen molar-refractivity contribution in [1.82, 2.24) is 0 Å². The predicted octanol–water partition coefficient (Wildman–Crippen LogP) is 6.39. The summed E-state index contributed by atoms with van der Waals surface area (Å²) in [6, 6.07) is 0. The van der Waals surface area contributed by atoms with Crippen LogP contribution in [0.1, 0.15) is 106 Å². The fourth-order valence-electron chi connectivity index (χ4n) is 10.9. The first-order valence-electron chi connectivity index (χ1n) is 14.3. The van der Waals surface area contributed by atoms with Gasteiger partial charge in [-0.25, -0.2) is 0 Å². The average Bonchev–Trinajstić information content (AvgIpc) is 2.81. The minimum absolute atomic E-state index is 0.0739. The van der Waals surface area contributed by atoms with Crippen LogP contribution >= 0.6 is 0 Å². The fraction of sp³-hybridized carbons (Fsp3) is 0.871. The lowest BCUT2D eigenvalue weighted by atomic mass is 9.33. The van der Waals surface area contributed by atoms with Crippen molar-refractivity contribution < 1.29 is 24.5 Å². The van der Waals surface area contributed by atoms with E-state index in [0.29, 0.717) is 37.5 Å². The van der Waals surface area contributed by atoms with E-state index in [2.05, 4.69) is 40.7 Å². The number of rotatable bonds is 2. The summed E-state index contributed by atoms with van der Waals surface area (Å²) in [6.45, 7) is 13.9. The third-order valence-electron chi connectivity index (χ3n) is 13.5. The Labute approximate surface area is 217 Å². The number of ether oxygens (including phenoxy) is 1. The zero-order valence-electron chi connectivity index (χ0n) is 23.6. The Morgan fingerprint density at radius 2 is 1.58 bits per heavy atom. The molecule has 5 nitrogen and oxygen atoms in total. The van der Waals surface area contributed by atoms with Crippen molar-refractivity contribution in [1.29, 1.82) is 0 Å². The maximum Gasteiger partial charge on any atom is 0.311 e. The third kappa shape index (κ3) is 3.04. The van der Waals surface area contributed by atoms with Crippen LogP contribution in [0.15, 0.2) is 11.6 Å². The van der Waals surface area contributed by atoms with E-state index in [0.717, 1.165) is 38.5 Å². The van der Waals surface area contributed by atoms with E-state index in [4.69, 9.17) is 4.74 Å². The number of methoxy groups -OCH3 is 1. The second-order valence-electron chi connectivity index (χ2n) is 14.9. The molecule has 202 valence electrons. The maximum absolute atomic E-state index is 12.9. The number of allylic oxidation sites excluding steroid dienone is 2. The molecule has 5 aliphatic carbocycles. The number of fused-ring (bicyclic) bond motifs is 7. The normalized spacial score (nSPS) is 51.5. The van der Waals surface area contributed by atoms with Crippen LogP contribution < -0.4 is 0 Å². The highest BCUT2D eigenvalue weighted by molar-refractivity contribution is 5.80. The van der Waals surface area contributed by atoms with Gasteiger partial charge in [-0.2, -0.15) is 0 Å². The molecule has 5 rings (SSSR count). The summed E-state index contributed by atoms with van der Waals surface area (Å²) >= 11 is 0. The van der Waals surface area contributed by atoms with Crippen LogP contribution in [0.4, 0.5) is 0 Å². The Bertz CT molecular complexity index is 999. The number of carbonyl (C=O) groups is 2. The van der Waals surface area contributed by atoms with E-state index < -0.39 is 16.8 Å². The minimum Gasteiger partial charge on any atom is -0.481 e. The molecule has 0 aromatic rings. The number of aliphatic carboxylic acids is 1. The van der Waals surface area contributed by atoms with Crippen LogP contribution in [-0.2, 0) is 14.3 Å². The van der Waals surface area contributed by atoms with E-state index in [1.165, 1.54) is 12.7 Å². The summed E-state index contributed by atoms with van der Waals surface area (Å²) in [5.74, 6) is -0.0142. The molecule has 0 spiro atoms. The molecule has 3 unspecified atom stereocenters. The largest absolute Gasteiger partial charge is 0.481 e. The van der Waals surface area contributed by atoms with Gasteiger partial charge in [0, 0.05) is 0 Å². The van der Waals surface area contributed by atoms with Gasteiger partial charge in [0.1, 0.15) is 0 Å². The molecular formula is C31H48O5. The first kappa shape index (κ1) is 26.3. The molecule has 0 aromatic heterocycles. The second kappa shape index (κ2) is 7.83. The van der Waals surface area contributed by atoms with E-state index in [9.17, 15) is 19.8 Å². The van der Waals surface area contributed by atoms with Gasteiger partial charge in [-0.05, 0) is 111 Å². The molecular weight excluding hydrogens is 452 g/mol. The Morgan fingerprint density at radius 1 is 0.917 bits per heavy atom. The number of aliphatic hydroxyl groups is 1. The number of hydrogen-bond acceptors (Lipinski definition) is 4. The van der Waals surface area contributed by atoms with Gasteiger partial charge in [-0.3, -0.25) is 9.59 Å². The third-order valence-corrected chi connectivity index (χ3v) is 13.5. The molecule has 0 bridgehead atoms. The van der Waals surface area contributed by atoms with Crippen molar-refractivity contribution in [2.24, 2.45) is 50.2 Å². The fourth-order valence-corrected chi connectivity index (χ4v) is 10.9. The zero-order chi connectivity index (χ0) is 26.5. The summed E-state index contributed by atoms with van der Waals surface area (Å²) in [5, 5.41) is 21.5. The van der Waals surface area contributed by atoms with Crippen molar-refractivity contribution in [3.8, 4) is 0 Å². The number of aliphatic hydroxyl groups excluding tert-OH is 1. The summed E-state index contributed by atoms with van der Waals surface area (Å²) in [6.07, 6.45) is 10.6. The highest BCUT2D eigenvalue weighted by Crippen LogP contribution is 2.75. The van der Waals surface area contributed by atoms with Gasteiger partial charge >= 0.3 is 11.9 Å². The number of esters is 1. The van der Waals surface area contributed by atoms with E-state index in [1.807, 2.05) is 6.92 Å². The molecule has 5 aliphatic rings. The van der Waals surface area contributed by atoms with Crippen LogP contribution in [0.2, 0.25) is 0 Å². The SMILES string of the molecule is COC(=O)[C@@]1(C)CC[C@]2(C(=O)O)CC[C@]3(C)C(=CCC4[C@@]5(C)CC[C@H](O)C(C)(C)C5CC[C@]43C)C2C1. The van der Waals surface area contributed by atoms with Crippen molar-refractivity contribution >= 4 is 11.9 Å². The second-order valence-corrected chi connectivity index (χ2v) is 14.9. The highest BCUT2D eigenvalue weighted by Gasteiger charge is 2.69. The summed E-state index contributed by atoms with van der Waals surface area (Å²) < 4.78 is 5.21. The Hall–Kier alpha value is -1.36. The average molecular weight is 501 g/mol.